The average molecular weight is 511 g/mol. The summed E-state index contributed by atoms with van der Waals surface area (Å²) in [5, 5.41) is 15.3. The number of hydrogen-bond acceptors (Lipinski definition) is 4. The Labute approximate surface area is 223 Å². The number of para-hydroxylation sites is 1. The molecule has 4 fully saturated rings. The number of hydrazone groups is 1. The number of rotatable bonds is 7. The van der Waals surface area contributed by atoms with Crippen molar-refractivity contribution in [1.29, 1.82) is 0 Å². The number of nitrogens with one attached hydrogen (secondary N) is 1. The summed E-state index contributed by atoms with van der Waals surface area (Å²) in [5.74, 6) is 2.39. The van der Waals surface area contributed by atoms with Crippen LogP contribution in [0.3, 0.4) is 0 Å². The lowest BCUT2D eigenvalue weighted by Crippen LogP contribution is -2.48. The first-order valence-electron chi connectivity index (χ1n) is 13.7. The van der Waals surface area contributed by atoms with Gasteiger partial charge in [-0.2, -0.15) is 5.10 Å². The standard InChI is InChI=1S/C31H34N4O3/c1-20-11-26(19-32-33-30(36)15-25-5-3-4-6-29(25)35(37)38)21(2)34(20)28-9-7-27(8-10-28)31-16-22-12-23(17-31)14-24(13-22)18-31/h3-11,19,22-24H,12-18H2,1-2H3,(H,33,36)/b32-19+. The molecule has 1 amide bonds. The number of nitro groups is 1. The molecule has 0 unspecified atom stereocenters. The van der Waals surface area contributed by atoms with E-state index in [4.69, 9.17) is 0 Å². The molecule has 4 saturated carbocycles. The van der Waals surface area contributed by atoms with Gasteiger partial charge < -0.3 is 4.57 Å². The van der Waals surface area contributed by atoms with E-state index in [-0.39, 0.29) is 12.1 Å². The maximum atomic E-state index is 12.4. The largest absolute Gasteiger partial charge is 0.318 e. The fraction of sp³-hybridized carbons (Fsp3) is 0.419. The second kappa shape index (κ2) is 9.53. The van der Waals surface area contributed by atoms with E-state index in [1.807, 2.05) is 0 Å². The number of carbonyl (C=O) groups is 1. The first-order chi connectivity index (χ1) is 18.3. The molecule has 4 aliphatic rings. The summed E-state index contributed by atoms with van der Waals surface area (Å²) in [6.07, 6.45) is 9.99. The molecule has 0 spiro atoms. The van der Waals surface area contributed by atoms with Crippen molar-refractivity contribution in [3.63, 3.8) is 0 Å². The third-order valence-electron chi connectivity index (χ3n) is 9.18. The third kappa shape index (κ3) is 4.44. The van der Waals surface area contributed by atoms with Gasteiger partial charge in [-0.1, -0.05) is 30.3 Å². The van der Waals surface area contributed by atoms with E-state index in [0.29, 0.717) is 11.0 Å². The van der Waals surface area contributed by atoms with E-state index in [9.17, 15) is 14.9 Å². The van der Waals surface area contributed by atoms with Crippen LogP contribution in [0.4, 0.5) is 5.69 Å². The van der Waals surface area contributed by atoms with Gasteiger partial charge in [0.05, 0.1) is 17.6 Å². The lowest BCUT2D eigenvalue weighted by Gasteiger charge is -2.57. The minimum Gasteiger partial charge on any atom is -0.318 e. The topological polar surface area (TPSA) is 89.5 Å². The molecule has 196 valence electrons. The Bertz CT molecular complexity index is 1380. The molecule has 7 nitrogen and oxygen atoms in total. The second-order valence-electron chi connectivity index (χ2n) is 11.8. The zero-order valence-electron chi connectivity index (χ0n) is 22.0. The van der Waals surface area contributed by atoms with Gasteiger partial charge in [0.1, 0.15) is 0 Å². The molecule has 3 aromatic rings. The summed E-state index contributed by atoms with van der Waals surface area (Å²) in [6.45, 7) is 4.13. The van der Waals surface area contributed by atoms with Gasteiger partial charge in [-0.15, -0.1) is 0 Å². The molecule has 2 aromatic carbocycles. The molecule has 4 bridgehead atoms. The second-order valence-corrected chi connectivity index (χ2v) is 11.8. The van der Waals surface area contributed by atoms with Crippen molar-refractivity contribution in [2.24, 2.45) is 22.9 Å². The lowest BCUT2D eigenvalue weighted by atomic mass is 9.48. The first-order valence-corrected chi connectivity index (χ1v) is 13.7. The lowest BCUT2D eigenvalue weighted by molar-refractivity contribution is -0.385. The Balaban J connectivity index is 1.15. The van der Waals surface area contributed by atoms with E-state index in [2.05, 4.69) is 59.3 Å². The number of hydrogen-bond donors (Lipinski definition) is 1. The smallest absolute Gasteiger partial charge is 0.273 e. The van der Waals surface area contributed by atoms with Crippen LogP contribution in [-0.2, 0) is 16.6 Å². The van der Waals surface area contributed by atoms with Gasteiger partial charge in [-0.25, -0.2) is 5.43 Å². The Hall–Kier alpha value is -3.74. The molecular weight excluding hydrogens is 476 g/mol. The van der Waals surface area contributed by atoms with Crippen molar-refractivity contribution in [1.82, 2.24) is 9.99 Å². The van der Waals surface area contributed by atoms with Gasteiger partial charge in [-0.05, 0) is 99.3 Å². The molecule has 1 heterocycles. The van der Waals surface area contributed by atoms with Crippen LogP contribution in [0.1, 0.15) is 66.6 Å². The van der Waals surface area contributed by atoms with Crippen molar-refractivity contribution >= 4 is 17.8 Å². The predicted octanol–water partition coefficient (Wildman–Crippen LogP) is 6.16. The molecule has 1 N–H and O–H groups in total. The number of amides is 1. The van der Waals surface area contributed by atoms with Crippen LogP contribution < -0.4 is 5.43 Å². The molecule has 38 heavy (non-hydrogen) atoms. The highest BCUT2D eigenvalue weighted by Crippen LogP contribution is 2.60. The number of nitro benzene ring substituents is 1. The molecule has 0 saturated heterocycles. The first kappa shape index (κ1) is 24.6. The Kier molecular flexibility index (Phi) is 6.17. The van der Waals surface area contributed by atoms with Crippen molar-refractivity contribution < 1.29 is 9.72 Å². The molecule has 0 atom stereocenters. The summed E-state index contributed by atoms with van der Waals surface area (Å²) < 4.78 is 2.22. The fourth-order valence-electron chi connectivity index (χ4n) is 7.97. The highest BCUT2D eigenvalue weighted by atomic mass is 16.6. The summed E-state index contributed by atoms with van der Waals surface area (Å²) in [7, 11) is 0. The monoisotopic (exact) mass is 510 g/mol. The van der Waals surface area contributed by atoms with Crippen molar-refractivity contribution in [3.8, 4) is 5.69 Å². The van der Waals surface area contributed by atoms with E-state index in [1.54, 1.807) is 24.4 Å². The highest BCUT2D eigenvalue weighted by Gasteiger charge is 2.51. The minimum absolute atomic E-state index is 0.0654. The predicted molar refractivity (Wildman–Crippen MR) is 148 cm³/mol. The average Bonchev–Trinajstić information content (AvgIpc) is 3.16. The quantitative estimate of drug-likeness (QED) is 0.234. The number of aryl methyl sites for hydroxylation is 1. The SMILES string of the molecule is Cc1cc(/C=N/NC(=O)Cc2ccccc2[N+](=O)[O-])c(C)n1-c1ccc(C23CC4CC(CC(C4)C2)C3)cc1. The zero-order chi connectivity index (χ0) is 26.4. The number of nitrogens with zero attached hydrogens (tertiary/aromatic N) is 3. The molecule has 0 radical (unpaired) electrons. The summed E-state index contributed by atoms with van der Waals surface area (Å²) in [6, 6.07) is 17.5. The van der Waals surface area contributed by atoms with Crippen LogP contribution in [0.5, 0.6) is 0 Å². The summed E-state index contributed by atoms with van der Waals surface area (Å²) >= 11 is 0. The third-order valence-corrected chi connectivity index (χ3v) is 9.18. The number of aromatic nitrogens is 1. The van der Waals surface area contributed by atoms with Crippen LogP contribution >= 0.6 is 0 Å². The van der Waals surface area contributed by atoms with Crippen molar-refractivity contribution in [2.45, 2.75) is 64.2 Å². The van der Waals surface area contributed by atoms with Crippen LogP contribution in [0, 0.1) is 41.7 Å². The van der Waals surface area contributed by atoms with Crippen LogP contribution in [0.2, 0.25) is 0 Å². The summed E-state index contributed by atoms with van der Waals surface area (Å²) in [5.41, 5.74) is 8.91. The maximum absolute atomic E-state index is 12.4. The van der Waals surface area contributed by atoms with E-state index < -0.39 is 10.8 Å². The molecule has 7 rings (SSSR count). The van der Waals surface area contributed by atoms with Crippen molar-refractivity contribution in [3.05, 3.63) is 92.8 Å². The van der Waals surface area contributed by atoms with Crippen molar-refractivity contribution in [2.75, 3.05) is 0 Å². The van der Waals surface area contributed by atoms with Gasteiger partial charge in [0, 0.05) is 34.3 Å². The molecule has 1 aromatic heterocycles. The fourth-order valence-corrected chi connectivity index (χ4v) is 7.97. The van der Waals surface area contributed by atoms with Crippen LogP contribution in [-0.4, -0.2) is 21.6 Å². The van der Waals surface area contributed by atoms with Gasteiger partial charge in [0.25, 0.3) is 5.69 Å². The van der Waals surface area contributed by atoms with E-state index in [1.165, 1.54) is 50.2 Å². The Morgan fingerprint density at radius 1 is 1.05 bits per heavy atom. The van der Waals surface area contributed by atoms with Gasteiger partial charge >= 0.3 is 0 Å². The Morgan fingerprint density at radius 3 is 2.32 bits per heavy atom. The van der Waals surface area contributed by atoms with E-state index in [0.717, 1.165) is 40.4 Å². The highest BCUT2D eigenvalue weighted by molar-refractivity contribution is 5.85. The zero-order valence-corrected chi connectivity index (χ0v) is 22.0. The molecule has 0 aliphatic heterocycles. The Morgan fingerprint density at radius 2 is 1.68 bits per heavy atom. The minimum atomic E-state index is -0.476. The van der Waals surface area contributed by atoms with Gasteiger partial charge in [0.2, 0.25) is 5.91 Å². The number of carbonyl (C=O) groups excluding carboxylic acids is 1. The van der Waals surface area contributed by atoms with Gasteiger partial charge in [-0.3, -0.25) is 14.9 Å². The summed E-state index contributed by atoms with van der Waals surface area (Å²) in [4.78, 5) is 23.1. The van der Waals surface area contributed by atoms with E-state index >= 15 is 0 Å². The maximum Gasteiger partial charge on any atom is 0.273 e. The van der Waals surface area contributed by atoms with Crippen LogP contribution in [0.25, 0.3) is 5.69 Å². The van der Waals surface area contributed by atoms with Gasteiger partial charge in [0.15, 0.2) is 0 Å². The molecular formula is C31H34N4O3. The normalized spacial score (nSPS) is 25.7. The molecule has 4 aliphatic carbocycles. The number of benzene rings is 2. The molecule has 7 heteroatoms. The van der Waals surface area contributed by atoms with Crippen LogP contribution in [0.15, 0.2) is 59.7 Å².